The average molecular weight is 387 g/mol. The summed E-state index contributed by atoms with van der Waals surface area (Å²) in [5, 5.41) is 0. The van der Waals surface area contributed by atoms with Crippen LogP contribution in [0.3, 0.4) is 0 Å². The third kappa shape index (κ3) is 3.92. The van der Waals surface area contributed by atoms with E-state index in [-0.39, 0.29) is 5.91 Å². The van der Waals surface area contributed by atoms with Crippen molar-refractivity contribution in [3.05, 3.63) is 71.7 Å². The number of carbonyl (C=O) groups excluding carboxylic acids is 1. The van der Waals surface area contributed by atoms with Gasteiger partial charge in [0, 0.05) is 61.6 Å². The van der Waals surface area contributed by atoms with E-state index in [4.69, 9.17) is 5.73 Å². The predicted molar refractivity (Wildman–Crippen MR) is 116 cm³/mol. The number of carbonyl (C=O) groups is 1. The van der Waals surface area contributed by atoms with Gasteiger partial charge < -0.3 is 15.5 Å². The second-order valence-corrected chi connectivity index (χ2v) is 7.44. The standard InChI is InChI=1S/C23H25N5O/c1-16-13-20(15-26-22(16)24)18-3-5-19(6-4-18)23(29)28-11-9-27(10-12-28)21-7-8-25-14-17(21)2/h3-8,13-15H,9-12H2,1-2H3,(H2,24,26). The van der Waals surface area contributed by atoms with E-state index in [1.165, 1.54) is 5.69 Å². The average Bonchev–Trinajstić information content (AvgIpc) is 2.76. The van der Waals surface area contributed by atoms with Crippen LogP contribution < -0.4 is 10.6 Å². The van der Waals surface area contributed by atoms with Gasteiger partial charge in [0.05, 0.1) is 0 Å². The van der Waals surface area contributed by atoms with Crippen LogP contribution in [0.1, 0.15) is 21.5 Å². The number of hydrogen-bond donors (Lipinski definition) is 1. The second kappa shape index (κ2) is 7.91. The first-order chi connectivity index (χ1) is 14.0. The van der Waals surface area contributed by atoms with Gasteiger partial charge in [-0.15, -0.1) is 0 Å². The lowest BCUT2D eigenvalue weighted by atomic mass is 10.0. The van der Waals surface area contributed by atoms with Crippen molar-refractivity contribution in [2.24, 2.45) is 0 Å². The molecule has 0 atom stereocenters. The van der Waals surface area contributed by atoms with Crippen molar-refractivity contribution >= 4 is 17.4 Å². The van der Waals surface area contributed by atoms with Crippen LogP contribution >= 0.6 is 0 Å². The molecule has 0 unspecified atom stereocenters. The maximum atomic E-state index is 12.9. The zero-order valence-electron chi connectivity index (χ0n) is 16.8. The number of anilines is 2. The number of aromatic nitrogens is 2. The highest BCUT2D eigenvalue weighted by Gasteiger charge is 2.23. The van der Waals surface area contributed by atoms with Crippen molar-refractivity contribution < 1.29 is 4.79 Å². The molecule has 0 spiro atoms. The largest absolute Gasteiger partial charge is 0.383 e. The first-order valence-electron chi connectivity index (χ1n) is 9.80. The minimum atomic E-state index is 0.0780. The topological polar surface area (TPSA) is 75.4 Å². The molecule has 1 amide bonds. The molecular weight excluding hydrogens is 362 g/mol. The summed E-state index contributed by atoms with van der Waals surface area (Å²) in [4.78, 5) is 25.5. The SMILES string of the molecule is Cc1cnccc1N1CCN(C(=O)c2ccc(-c3cnc(N)c(C)c3)cc2)CC1. The molecule has 3 aromatic rings. The molecule has 1 saturated heterocycles. The van der Waals surface area contributed by atoms with Gasteiger partial charge in [-0.05, 0) is 54.8 Å². The predicted octanol–water partition coefficient (Wildman–Crippen LogP) is 3.31. The zero-order valence-corrected chi connectivity index (χ0v) is 16.8. The molecule has 4 rings (SSSR count). The number of amides is 1. The van der Waals surface area contributed by atoms with E-state index in [0.29, 0.717) is 24.5 Å². The van der Waals surface area contributed by atoms with E-state index < -0.39 is 0 Å². The number of nitrogens with zero attached hydrogens (tertiary/aromatic N) is 4. The van der Waals surface area contributed by atoms with Gasteiger partial charge in [-0.3, -0.25) is 9.78 Å². The number of piperazine rings is 1. The Morgan fingerprint density at radius 3 is 2.31 bits per heavy atom. The Hall–Kier alpha value is -3.41. The lowest BCUT2D eigenvalue weighted by Crippen LogP contribution is -2.49. The molecule has 6 nitrogen and oxygen atoms in total. The van der Waals surface area contributed by atoms with E-state index in [1.54, 1.807) is 6.20 Å². The van der Waals surface area contributed by atoms with Gasteiger partial charge in [-0.25, -0.2) is 4.98 Å². The van der Waals surface area contributed by atoms with Crippen molar-refractivity contribution in [1.29, 1.82) is 0 Å². The van der Waals surface area contributed by atoms with Crippen molar-refractivity contribution in [1.82, 2.24) is 14.9 Å². The second-order valence-electron chi connectivity index (χ2n) is 7.44. The smallest absolute Gasteiger partial charge is 0.253 e. The highest BCUT2D eigenvalue weighted by Crippen LogP contribution is 2.23. The molecule has 6 heteroatoms. The summed E-state index contributed by atoms with van der Waals surface area (Å²) >= 11 is 0. The van der Waals surface area contributed by atoms with E-state index in [9.17, 15) is 4.79 Å². The Morgan fingerprint density at radius 1 is 0.931 bits per heavy atom. The number of nitrogens with two attached hydrogens (primary N) is 1. The van der Waals surface area contributed by atoms with Crippen LogP contribution in [0.15, 0.2) is 55.0 Å². The van der Waals surface area contributed by atoms with E-state index in [1.807, 2.05) is 60.6 Å². The first kappa shape index (κ1) is 18.9. The van der Waals surface area contributed by atoms with E-state index in [2.05, 4.69) is 21.8 Å². The van der Waals surface area contributed by atoms with Crippen molar-refractivity contribution in [2.75, 3.05) is 36.8 Å². The molecule has 0 saturated carbocycles. The van der Waals surface area contributed by atoms with E-state index in [0.717, 1.165) is 35.3 Å². The van der Waals surface area contributed by atoms with Crippen LogP contribution in [0.4, 0.5) is 11.5 Å². The number of rotatable bonds is 3. The molecule has 2 aromatic heterocycles. The van der Waals surface area contributed by atoms with Gasteiger partial charge in [-0.2, -0.15) is 0 Å². The third-order valence-corrected chi connectivity index (χ3v) is 5.48. The Balaban J connectivity index is 1.42. The Bertz CT molecular complexity index is 1020. The van der Waals surface area contributed by atoms with Crippen molar-refractivity contribution in [3.8, 4) is 11.1 Å². The summed E-state index contributed by atoms with van der Waals surface area (Å²) in [5.74, 6) is 0.621. The number of pyridine rings is 2. The lowest BCUT2D eigenvalue weighted by Gasteiger charge is -2.36. The normalized spacial score (nSPS) is 14.1. The molecule has 1 aromatic carbocycles. The Labute approximate surface area is 171 Å². The van der Waals surface area contributed by atoms with Crippen molar-refractivity contribution in [2.45, 2.75) is 13.8 Å². The number of hydrogen-bond acceptors (Lipinski definition) is 5. The van der Waals surface area contributed by atoms with Crippen LogP contribution in [0.2, 0.25) is 0 Å². The monoisotopic (exact) mass is 387 g/mol. The summed E-state index contributed by atoms with van der Waals surface area (Å²) in [7, 11) is 0. The number of benzene rings is 1. The summed E-state index contributed by atoms with van der Waals surface area (Å²) < 4.78 is 0. The molecule has 1 aliphatic rings. The molecular formula is C23H25N5O. The van der Waals surface area contributed by atoms with Crippen molar-refractivity contribution in [3.63, 3.8) is 0 Å². The maximum Gasteiger partial charge on any atom is 0.253 e. The van der Waals surface area contributed by atoms with Crippen LogP contribution in [0, 0.1) is 13.8 Å². The molecule has 0 aliphatic carbocycles. The molecule has 1 aliphatic heterocycles. The fraction of sp³-hybridized carbons (Fsp3) is 0.261. The summed E-state index contributed by atoms with van der Waals surface area (Å²) in [6, 6.07) is 11.8. The van der Waals surface area contributed by atoms with Crippen LogP contribution in [-0.2, 0) is 0 Å². The quantitative estimate of drug-likeness (QED) is 0.746. The molecule has 29 heavy (non-hydrogen) atoms. The zero-order chi connectivity index (χ0) is 20.4. The molecule has 3 heterocycles. The van der Waals surface area contributed by atoms with Gasteiger partial charge in [0.15, 0.2) is 0 Å². The Morgan fingerprint density at radius 2 is 1.66 bits per heavy atom. The van der Waals surface area contributed by atoms with Crippen LogP contribution in [-0.4, -0.2) is 47.0 Å². The fourth-order valence-electron chi connectivity index (χ4n) is 3.70. The molecule has 1 fully saturated rings. The summed E-state index contributed by atoms with van der Waals surface area (Å²) in [6.07, 6.45) is 5.46. The molecule has 0 bridgehead atoms. The maximum absolute atomic E-state index is 12.9. The van der Waals surface area contributed by atoms with Gasteiger partial charge in [0.2, 0.25) is 0 Å². The number of aryl methyl sites for hydroxylation is 2. The van der Waals surface area contributed by atoms with Crippen LogP contribution in [0.5, 0.6) is 0 Å². The molecule has 2 N–H and O–H groups in total. The van der Waals surface area contributed by atoms with E-state index >= 15 is 0 Å². The number of nitrogen functional groups attached to an aromatic ring is 1. The summed E-state index contributed by atoms with van der Waals surface area (Å²) in [5.41, 5.74) is 11.8. The molecule has 148 valence electrons. The Kier molecular flexibility index (Phi) is 5.16. The summed E-state index contributed by atoms with van der Waals surface area (Å²) in [6.45, 7) is 7.08. The van der Waals surface area contributed by atoms with Gasteiger partial charge >= 0.3 is 0 Å². The fourth-order valence-corrected chi connectivity index (χ4v) is 3.70. The molecule has 0 radical (unpaired) electrons. The van der Waals surface area contributed by atoms with Crippen LogP contribution in [0.25, 0.3) is 11.1 Å². The minimum Gasteiger partial charge on any atom is -0.383 e. The van der Waals surface area contributed by atoms with Gasteiger partial charge in [0.1, 0.15) is 5.82 Å². The third-order valence-electron chi connectivity index (χ3n) is 5.48. The first-order valence-corrected chi connectivity index (χ1v) is 9.80. The minimum absolute atomic E-state index is 0.0780. The highest BCUT2D eigenvalue weighted by atomic mass is 16.2. The highest BCUT2D eigenvalue weighted by molar-refractivity contribution is 5.95. The lowest BCUT2D eigenvalue weighted by molar-refractivity contribution is 0.0747. The van der Waals surface area contributed by atoms with Gasteiger partial charge in [-0.1, -0.05) is 12.1 Å². The van der Waals surface area contributed by atoms with Gasteiger partial charge in [0.25, 0.3) is 5.91 Å².